The van der Waals surface area contributed by atoms with E-state index in [1.165, 1.54) is 26.1 Å². The molecule has 2 aromatic carbocycles. The second kappa shape index (κ2) is 7.57. The van der Waals surface area contributed by atoms with Crippen LogP contribution in [0.5, 0.6) is 0 Å². The van der Waals surface area contributed by atoms with Crippen molar-refractivity contribution in [3.8, 4) is 0 Å². The first-order valence-electron chi connectivity index (χ1n) is 9.15. The number of para-hydroxylation sites is 1. The molecule has 26 heavy (non-hydrogen) atoms. The molecule has 2 heterocycles. The highest BCUT2D eigenvalue weighted by Gasteiger charge is 2.28. The number of carbonyl (C=O) groups excluding carboxylic acids is 1. The summed E-state index contributed by atoms with van der Waals surface area (Å²) in [6.45, 7) is 0.935. The highest BCUT2D eigenvalue weighted by atomic mass is 32.2. The fourth-order valence-electron chi connectivity index (χ4n) is 3.86. The average Bonchev–Trinajstić information content (AvgIpc) is 2.67. The highest BCUT2D eigenvalue weighted by Crippen LogP contribution is 2.49. The summed E-state index contributed by atoms with van der Waals surface area (Å²) in [4.78, 5) is 20.4. The number of anilines is 2. The molecule has 2 aliphatic rings. The molecule has 1 fully saturated rings. The normalized spacial score (nSPS) is 19.3. The molecule has 136 valence electrons. The quantitative estimate of drug-likeness (QED) is 0.658. The van der Waals surface area contributed by atoms with Gasteiger partial charge in [0.2, 0.25) is 5.91 Å². The molecule has 1 amide bonds. The summed E-state index contributed by atoms with van der Waals surface area (Å²) >= 11 is 3.64. The molecule has 3 nitrogen and oxygen atoms in total. The van der Waals surface area contributed by atoms with Gasteiger partial charge in [-0.15, -0.1) is 11.8 Å². The van der Waals surface area contributed by atoms with Crippen molar-refractivity contribution in [3.05, 3.63) is 42.5 Å². The zero-order valence-electron chi connectivity index (χ0n) is 15.3. The van der Waals surface area contributed by atoms with E-state index >= 15 is 0 Å². The summed E-state index contributed by atoms with van der Waals surface area (Å²) in [5.74, 6) is 0.293. The molecule has 0 spiro atoms. The smallest absolute Gasteiger partial charge is 0.222 e. The number of likely N-dealkylation sites (tertiary alicyclic amines) is 1. The van der Waals surface area contributed by atoms with E-state index in [0.29, 0.717) is 18.4 Å². The van der Waals surface area contributed by atoms with Gasteiger partial charge in [0.15, 0.2) is 0 Å². The van der Waals surface area contributed by atoms with Crippen LogP contribution in [-0.4, -0.2) is 36.7 Å². The van der Waals surface area contributed by atoms with Crippen LogP contribution in [0.25, 0.3) is 0 Å². The van der Waals surface area contributed by atoms with Gasteiger partial charge in [-0.3, -0.25) is 4.79 Å². The van der Waals surface area contributed by atoms with Crippen LogP contribution in [0.3, 0.4) is 0 Å². The number of amides is 1. The predicted molar refractivity (Wildman–Crippen MR) is 111 cm³/mol. The SMILES string of the molecule is CSc1ccc2c(c1)N(CCC1CCCC(=O)N1C)c1ccccc1S2. The van der Waals surface area contributed by atoms with E-state index in [0.717, 1.165) is 25.8 Å². The molecule has 0 aromatic heterocycles. The lowest BCUT2D eigenvalue weighted by Gasteiger charge is -2.37. The first-order valence-corrected chi connectivity index (χ1v) is 11.2. The first-order chi connectivity index (χ1) is 12.7. The minimum atomic E-state index is 0.293. The van der Waals surface area contributed by atoms with Crippen molar-refractivity contribution in [2.75, 3.05) is 24.7 Å². The van der Waals surface area contributed by atoms with Gasteiger partial charge in [-0.05, 0) is 55.9 Å². The van der Waals surface area contributed by atoms with Crippen LogP contribution in [0.1, 0.15) is 25.7 Å². The molecule has 0 aliphatic carbocycles. The summed E-state index contributed by atoms with van der Waals surface area (Å²) in [5, 5.41) is 0. The van der Waals surface area contributed by atoms with Gasteiger partial charge in [-0.1, -0.05) is 23.9 Å². The fourth-order valence-corrected chi connectivity index (χ4v) is 5.37. The lowest BCUT2D eigenvalue weighted by Crippen LogP contribution is -2.42. The van der Waals surface area contributed by atoms with Gasteiger partial charge in [0.1, 0.15) is 0 Å². The van der Waals surface area contributed by atoms with Crippen molar-refractivity contribution in [2.45, 2.75) is 46.4 Å². The molecule has 0 bridgehead atoms. The van der Waals surface area contributed by atoms with Crippen molar-refractivity contribution in [3.63, 3.8) is 0 Å². The summed E-state index contributed by atoms with van der Waals surface area (Å²) in [5.41, 5.74) is 2.58. The van der Waals surface area contributed by atoms with Gasteiger partial charge in [-0.25, -0.2) is 0 Å². The fraction of sp³-hybridized carbons (Fsp3) is 0.381. The molecule has 5 heteroatoms. The number of nitrogens with zero attached hydrogens (tertiary/aromatic N) is 2. The molecule has 1 unspecified atom stereocenters. The number of hydrogen-bond acceptors (Lipinski definition) is 4. The van der Waals surface area contributed by atoms with Crippen LogP contribution in [0.15, 0.2) is 57.2 Å². The summed E-state index contributed by atoms with van der Waals surface area (Å²) in [7, 11) is 1.96. The van der Waals surface area contributed by atoms with Crippen LogP contribution in [0.2, 0.25) is 0 Å². The molecule has 4 rings (SSSR count). The van der Waals surface area contributed by atoms with Crippen LogP contribution in [0, 0.1) is 0 Å². The number of thioether (sulfide) groups is 1. The van der Waals surface area contributed by atoms with Gasteiger partial charge in [0.05, 0.1) is 11.4 Å². The van der Waals surface area contributed by atoms with E-state index < -0.39 is 0 Å². The minimum Gasteiger partial charge on any atom is -0.343 e. The second-order valence-corrected chi connectivity index (χ2v) is 8.86. The largest absolute Gasteiger partial charge is 0.343 e. The van der Waals surface area contributed by atoms with Gasteiger partial charge >= 0.3 is 0 Å². The number of piperidine rings is 1. The van der Waals surface area contributed by atoms with E-state index in [1.54, 1.807) is 11.8 Å². The van der Waals surface area contributed by atoms with Gasteiger partial charge in [0, 0.05) is 40.7 Å². The Bertz CT molecular complexity index is 823. The molecule has 0 saturated carbocycles. The molecule has 2 aromatic rings. The third-order valence-corrected chi connectivity index (χ3v) is 7.24. The number of benzene rings is 2. The number of rotatable bonds is 4. The summed E-state index contributed by atoms with van der Waals surface area (Å²) < 4.78 is 0. The minimum absolute atomic E-state index is 0.293. The molecule has 1 saturated heterocycles. The van der Waals surface area contributed by atoms with Crippen molar-refractivity contribution < 1.29 is 4.79 Å². The van der Waals surface area contributed by atoms with Gasteiger partial charge in [0.25, 0.3) is 0 Å². The topological polar surface area (TPSA) is 23.6 Å². The average molecular weight is 385 g/mol. The summed E-state index contributed by atoms with van der Waals surface area (Å²) in [6.07, 6.45) is 5.97. The third kappa shape index (κ3) is 3.35. The van der Waals surface area contributed by atoms with E-state index in [9.17, 15) is 4.79 Å². The van der Waals surface area contributed by atoms with Crippen molar-refractivity contribution in [1.29, 1.82) is 0 Å². The number of hydrogen-bond donors (Lipinski definition) is 0. The van der Waals surface area contributed by atoms with Crippen molar-refractivity contribution in [2.24, 2.45) is 0 Å². The molecular weight excluding hydrogens is 360 g/mol. The molecule has 0 N–H and O–H groups in total. The Balaban J connectivity index is 1.63. The molecular formula is C21H24N2OS2. The van der Waals surface area contributed by atoms with Crippen molar-refractivity contribution in [1.82, 2.24) is 4.90 Å². The summed E-state index contributed by atoms with van der Waals surface area (Å²) in [6, 6.07) is 15.7. The van der Waals surface area contributed by atoms with Crippen molar-refractivity contribution >= 4 is 40.8 Å². The van der Waals surface area contributed by atoms with E-state index in [-0.39, 0.29) is 0 Å². The van der Waals surface area contributed by atoms with Crippen LogP contribution in [-0.2, 0) is 4.79 Å². The number of carbonyl (C=O) groups is 1. The Morgan fingerprint density at radius 2 is 1.96 bits per heavy atom. The van der Waals surface area contributed by atoms with Gasteiger partial charge < -0.3 is 9.80 Å². The van der Waals surface area contributed by atoms with Crippen LogP contribution in [0.4, 0.5) is 11.4 Å². The molecule has 0 radical (unpaired) electrons. The molecule has 2 aliphatic heterocycles. The first kappa shape index (κ1) is 17.8. The maximum Gasteiger partial charge on any atom is 0.222 e. The Hall–Kier alpha value is -1.59. The van der Waals surface area contributed by atoms with E-state index in [4.69, 9.17) is 0 Å². The Labute approximate surface area is 164 Å². The maximum atomic E-state index is 12.0. The third-order valence-electron chi connectivity index (χ3n) is 5.39. The molecule has 1 atom stereocenters. The Morgan fingerprint density at radius 1 is 1.15 bits per heavy atom. The lowest BCUT2D eigenvalue weighted by molar-refractivity contribution is -0.134. The monoisotopic (exact) mass is 384 g/mol. The van der Waals surface area contributed by atoms with Crippen LogP contribution < -0.4 is 4.90 Å². The lowest BCUT2D eigenvalue weighted by atomic mass is 9.99. The van der Waals surface area contributed by atoms with Gasteiger partial charge in [-0.2, -0.15) is 0 Å². The number of fused-ring (bicyclic) bond motifs is 2. The Kier molecular flexibility index (Phi) is 5.18. The highest BCUT2D eigenvalue weighted by molar-refractivity contribution is 8.00. The standard InChI is InChI=1S/C21H24N2OS2/c1-22-15(6-5-9-21(22)24)12-13-23-17-7-3-4-8-19(17)26-20-11-10-16(25-2)14-18(20)23/h3-4,7-8,10-11,14-15H,5-6,9,12-13H2,1-2H3. The Morgan fingerprint density at radius 3 is 2.81 bits per heavy atom. The van der Waals surface area contributed by atoms with Crippen LogP contribution >= 0.6 is 23.5 Å². The van der Waals surface area contributed by atoms with E-state index in [1.807, 2.05) is 23.7 Å². The maximum absolute atomic E-state index is 12.0. The predicted octanol–water partition coefficient (Wildman–Crippen LogP) is 5.41. The second-order valence-electron chi connectivity index (χ2n) is 6.89. The zero-order valence-corrected chi connectivity index (χ0v) is 16.9. The zero-order chi connectivity index (χ0) is 18.1. The van der Waals surface area contributed by atoms with E-state index in [2.05, 4.69) is 53.6 Å².